The molecule has 0 saturated heterocycles. The number of hydrogen-bond donors (Lipinski definition) is 0. The Kier molecular flexibility index (Phi) is 5.69. The van der Waals surface area contributed by atoms with Gasteiger partial charge in [-0.05, 0) is 33.5 Å². The molecule has 1 aromatic heterocycles. The molecular formula is C17H26N4O. The quantitative estimate of drug-likeness (QED) is 0.788. The van der Waals surface area contributed by atoms with Crippen LogP contribution in [0.4, 0.5) is 0 Å². The lowest BCUT2D eigenvalue weighted by Crippen LogP contribution is -2.25. The minimum atomic E-state index is 0.101. The Morgan fingerprint density at radius 3 is 2.68 bits per heavy atom. The van der Waals surface area contributed by atoms with E-state index in [-0.39, 0.29) is 6.04 Å². The first-order valence-corrected chi connectivity index (χ1v) is 7.72. The van der Waals surface area contributed by atoms with E-state index in [1.807, 2.05) is 4.68 Å². The molecule has 5 nitrogen and oxygen atoms in total. The van der Waals surface area contributed by atoms with Crippen LogP contribution in [0, 0.1) is 6.92 Å². The van der Waals surface area contributed by atoms with Crippen molar-refractivity contribution in [3.05, 3.63) is 47.0 Å². The molecule has 0 aliphatic heterocycles. The molecule has 22 heavy (non-hydrogen) atoms. The van der Waals surface area contributed by atoms with Crippen molar-refractivity contribution in [2.75, 3.05) is 27.8 Å². The third-order valence-corrected chi connectivity index (χ3v) is 3.69. The van der Waals surface area contributed by atoms with Crippen LogP contribution in [0.1, 0.15) is 35.7 Å². The first-order valence-electron chi connectivity index (χ1n) is 7.72. The molecule has 0 fully saturated rings. The summed E-state index contributed by atoms with van der Waals surface area (Å²) in [6.45, 7) is 5.67. The summed E-state index contributed by atoms with van der Waals surface area (Å²) >= 11 is 0. The summed E-state index contributed by atoms with van der Waals surface area (Å²) in [5.41, 5.74) is 2.50. The number of aryl methyl sites for hydroxylation is 2. The summed E-state index contributed by atoms with van der Waals surface area (Å²) in [5.74, 6) is 1.84. The lowest BCUT2D eigenvalue weighted by molar-refractivity contribution is 0.200. The molecule has 0 aliphatic carbocycles. The van der Waals surface area contributed by atoms with Gasteiger partial charge in [0.15, 0.2) is 5.82 Å². The number of nitrogens with zero attached hydrogens (tertiary/aromatic N) is 4. The van der Waals surface area contributed by atoms with Gasteiger partial charge in [0.05, 0.1) is 12.6 Å². The van der Waals surface area contributed by atoms with Gasteiger partial charge in [0.2, 0.25) is 0 Å². The standard InChI is InChI=1S/C17H26N4O/c1-6-21-17(18-15(19-21)10-11-22-5)16(20(3)4)14-9-7-8-13(2)12-14/h7-9,12,16H,6,10-11H2,1-5H3/t16-/m1/s1. The van der Waals surface area contributed by atoms with Crippen LogP contribution in [-0.4, -0.2) is 47.5 Å². The van der Waals surface area contributed by atoms with Crippen LogP contribution in [0.3, 0.4) is 0 Å². The highest BCUT2D eigenvalue weighted by molar-refractivity contribution is 5.29. The maximum absolute atomic E-state index is 5.14. The van der Waals surface area contributed by atoms with Crippen molar-refractivity contribution in [3.8, 4) is 0 Å². The second-order valence-corrected chi connectivity index (χ2v) is 5.73. The van der Waals surface area contributed by atoms with Crippen molar-refractivity contribution in [2.24, 2.45) is 0 Å². The van der Waals surface area contributed by atoms with Gasteiger partial charge in [-0.25, -0.2) is 9.67 Å². The normalized spacial score (nSPS) is 12.8. The van der Waals surface area contributed by atoms with E-state index in [0.717, 1.165) is 24.6 Å². The molecule has 0 radical (unpaired) electrons. The van der Waals surface area contributed by atoms with E-state index >= 15 is 0 Å². The topological polar surface area (TPSA) is 43.2 Å². The average Bonchev–Trinajstić information content (AvgIpc) is 2.88. The van der Waals surface area contributed by atoms with Gasteiger partial charge in [0.25, 0.3) is 0 Å². The molecule has 1 aromatic carbocycles. The van der Waals surface area contributed by atoms with Crippen molar-refractivity contribution in [2.45, 2.75) is 32.9 Å². The third kappa shape index (κ3) is 3.72. The fourth-order valence-corrected chi connectivity index (χ4v) is 2.66. The molecule has 0 bridgehead atoms. The summed E-state index contributed by atoms with van der Waals surface area (Å²) in [6.07, 6.45) is 0.741. The van der Waals surface area contributed by atoms with E-state index in [1.54, 1.807) is 7.11 Å². The van der Waals surface area contributed by atoms with Gasteiger partial charge >= 0.3 is 0 Å². The summed E-state index contributed by atoms with van der Waals surface area (Å²) in [5, 5.41) is 4.62. The largest absolute Gasteiger partial charge is 0.384 e. The molecule has 0 amide bonds. The molecule has 2 aromatic rings. The Bertz CT molecular complexity index is 606. The van der Waals surface area contributed by atoms with Crippen LogP contribution >= 0.6 is 0 Å². The second kappa shape index (κ2) is 7.51. The van der Waals surface area contributed by atoms with E-state index in [1.165, 1.54) is 11.1 Å². The minimum Gasteiger partial charge on any atom is -0.384 e. The van der Waals surface area contributed by atoms with E-state index in [9.17, 15) is 0 Å². The maximum atomic E-state index is 5.14. The Hall–Kier alpha value is -1.72. The van der Waals surface area contributed by atoms with Crippen molar-refractivity contribution >= 4 is 0 Å². The first-order chi connectivity index (χ1) is 10.6. The van der Waals surface area contributed by atoms with E-state index in [0.29, 0.717) is 6.61 Å². The van der Waals surface area contributed by atoms with Gasteiger partial charge in [-0.1, -0.05) is 29.8 Å². The lowest BCUT2D eigenvalue weighted by Gasteiger charge is -2.24. The Labute approximate surface area is 132 Å². The predicted molar refractivity (Wildman–Crippen MR) is 88.0 cm³/mol. The molecule has 0 saturated carbocycles. The second-order valence-electron chi connectivity index (χ2n) is 5.73. The monoisotopic (exact) mass is 302 g/mol. The Morgan fingerprint density at radius 1 is 1.32 bits per heavy atom. The number of hydrogen-bond acceptors (Lipinski definition) is 4. The minimum absolute atomic E-state index is 0.101. The lowest BCUT2D eigenvalue weighted by atomic mass is 10.0. The van der Waals surface area contributed by atoms with Crippen LogP contribution in [0.2, 0.25) is 0 Å². The van der Waals surface area contributed by atoms with Crippen molar-refractivity contribution in [1.82, 2.24) is 19.7 Å². The van der Waals surface area contributed by atoms with E-state index in [2.05, 4.69) is 62.2 Å². The molecule has 0 aliphatic rings. The van der Waals surface area contributed by atoms with Crippen LogP contribution < -0.4 is 0 Å². The number of methoxy groups -OCH3 is 1. The summed E-state index contributed by atoms with van der Waals surface area (Å²) in [7, 11) is 5.86. The van der Waals surface area contributed by atoms with Crippen LogP contribution in [0.25, 0.3) is 0 Å². The van der Waals surface area contributed by atoms with Gasteiger partial charge in [-0.2, -0.15) is 5.10 Å². The van der Waals surface area contributed by atoms with Crippen molar-refractivity contribution in [1.29, 1.82) is 0 Å². The third-order valence-electron chi connectivity index (χ3n) is 3.69. The van der Waals surface area contributed by atoms with Crippen molar-refractivity contribution in [3.63, 3.8) is 0 Å². The van der Waals surface area contributed by atoms with Gasteiger partial charge in [0, 0.05) is 20.1 Å². The number of aromatic nitrogens is 3. The maximum Gasteiger partial charge on any atom is 0.153 e. The molecular weight excluding hydrogens is 276 g/mol. The zero-order valence-corrected chi connectivity index (χ0v) is 14.2. The highest BCUT2D eigenvalue weighted by Gasteiger charge is 2.23. The molecule has 1 atom stereocenters. The molecule has 0 unspecified atom stereocenters. The fourth-order valence-electron chi connectivity index (χ4n) is 2.66. The summed E-state index contributed by atoms with van der Waals surface area (Å²) in [4.78, 5) is 6.96. The molecule has 2 rings (SSSR count). The smallest absolute Gasteiger partial charge is 0.153 e. The number of ether oxygens (including phenoxy) is 1. The first kappa shape index (κ1) is 16.6. The van der Waals surface area contributed by atoms with E-state index in [4.69, 9.17) is 9.72 Å². The van der Waals surface area contributed by atoms with Crippen molar-refractivity contribution < 1.29 is 4.74 Å². The molecule has 0 spiro atoms. The Morgan fingerprint density at radius 2 is 2.09 bits per heavy atom. The van der Waals surface area contributed by atoms with Crippen LogP contribution in [-0.2, 0) is 17.7 Å². The van der Waals surface area contributed by atoms with Gasteiger partial charge in [0.1, 0.15) is 5.82 Å². The molecule has 5 heteroatoms. The Balaban J connectivity index is 2.42. The SMILES string of the molecule is CCn1nc(CCOC)nc1[C@@H](c1cccc(C)c1)N(C)C. The van der Waals surface area contributed by atoms with Crippen LogP contribution in [0.15, 0.2) is 24.3 Å². The predicted octanol–water partition coefficient (Wildman–Crippen LogP) is 2.45. The van der Waals surface area contributed by atoms with Gasteiger partial charge < -0.3 is 4.74 Å². The highest BCUT2D eigenvalue weighted by atomic mass is 16.5. The van der Waals surface area contributed by atoms with Crippen LogP contribution in [0.5, 0.6) is 0 Å². The van der Waals surface area contributed by atoms with Gasteiger partial charge in [-0.3, -0.25) is 4.90 Å². The fraction of sp³-hybridized carbons (Fsp3) is 0.529. The number of rotatable bonds is 7. The summed E-state index contributed by atoms with van der Waals surface area (Å²) < 4.78 is 7.14. The highest BCUT2D eigenvalue weighted by Crippen LogP contribution is 2.26. The zero-order valence-electron chi connectivity index (χ0n) is 14.2. The summed E-state index contributed by atoms with van der Waals surface area (Å²) in [6, 6.07) is 8.68. The zero-order chi connectivity index (χ0) is 16.1. The van der Waals surface area contributed by atoms with Gasteiger partial charge in [-0.15, -0.1) is 0 Å². The van der Waals surface area contributed by atoms with E-state index < -0.39 is 0 Å². The molecule has 1 heterocycles. The molecule has 120 valence electrons. The molecule has 0 N–H and O–H groups in total. The number of benzene rings is 1. The average molecular weight is 302 g/mol.